The van der Waals surface area contributed by atoms with E-state index < -0.39 is 0 Å². The van der Waals surface area contributed by atoms with E-state index in [2.05, 4.69) is 10.6 Å². The van der Waals surface area contributed by atoms with E-state index in [0.717, 1.165) is 25.1 Å². The van der Waals surface area contributed by atoms with Gasteiger partial charge in [-0.3, -0.25) is 9.69 Å². The van der Waals surface area contributed by atoms with Crippen molar-refractivity contribution < 1.29 is 4.79 Å². The number of nitrogens with one attached hydrogen (secondary N) is 2. The average molecular weight is 318 g/mol. The third-order valence-electron chi connectivity index (χ3n) is 2.93. The molecule has 1 rings (SSSR count). The van der Waals surface area contributed by atoms with Crippen molar-refractivity contribution in [2.45, 2.75) is 13.3 Å². The summed E-state index contributed by atoms with van der Waals surface area (Å²) < 4.78 is 0. The Bertz CT molecular complexity index is 466. The minimum atomic E-state index is -0.119. The molecule has 0 spiro atoms. The molecule has 0 aliphatic rings. The summed E-state index contributed by atoms with van der Waals surface area (Å²) in [6, 6.07) is 3.55. The fourth-order valence-corrected chi connectivity index (χ4v) is 2.27. The number of amides is 1. The van der Waals surface area contributed by atoms with Gasteiger partial charge in [0.2, 0.25) is 5.91 Å². The molecule has 1 aromatic rings. The first-order chi connectivity index (χ1) is 9.45. The molecular formula is C14H21Cl2N3O. The van der Waals surface area contributed by atoms with Gasteiger partial charge in [-0.05, 0) is 52.2 Å². The molecule has 0 aliphatic carbocycles. The van der Waals surface area contributed by atoms with Gasteiger partial charge in [-0.2, -0.15) is 0 Å². The van der Waals surface area contributed by atoms with Crippen molar-refractivity contribution in [2.24, 2.45) is 0 Å². The molecule has 0 saturated heterocycles. The standard InChI is InChI=1S/C14H21Cl2N3O/c1-10-5-6-11(15)14(13(10)16)18-12(20)9-19(3)8-4-7-17-2/h5-6,17H,4,7-9H2,1-3H3,(H,18,20). The first-order valence-electron chi connectivity index (χ1n) is 6.53. The Labute approximate surface area is 130 Å². The summed E-state index contributed by atoms with van der Waals surface area (Å²) in [5.41, 5.74) is 1.37. The molecular weight excluding hydrogens is 297 g/mol. The molecule has 1 aromatic carbocycles. The molecule has 2 N–H and O–H groups in total. The second-order valence-electron chi connectivity index (χ2n) is 4.80. The largest absolute Gasteiger partial charge is 0.322 e. The predicted molar refractivity (Wildman–Crippen MR) is 85.9 cm³/mol. The van der Waals surface area contributed by atoms with Gasteiger partial charge in [0.25, 0.3) is 0 Å². The van der Waals surface area contributed by atoms with Gasteiger partial charge in [0.15, 0.2) is 0 Å². The molecule has 0 aliphatic heterocycles. The van der Waals surface area contributed by atoms with E-state index in [4.69, 9.17) is 23.2 Å². The summed E-state index contributed by atoms with van der Waals surface area (Å²) in [7, 11) is 3.82. The van der Waals surface area contributed by atoms with Crippen molar-refractivity contribution in [3.8, 4) is 0 Å². The number of rotatable bonds is 7. The van der Waals surface area contributed by atoms with Crippen LogP contribution in [0.15, 0.2) is 12.1 Å². The van der Waals surface area contributed by atoms with Gasteiger partial charge in [0.05, 0.1) is 22.3 Å². The molecule has 0 aromatic heterocycles. The van der Waals surface area contributed by atoms with Gasteiger partial charge in [-0.1, -0.05) is 29.3 Å². The fourth-order valence-electron chi connectivity index (χ4n) is 1.80. The number of halogens is 2. The predicted octanol–water partition coefficient (Wildman–Crippen LogP) is 2.78. The normalized spacial score (nSPS) is 10.9. The number of benzene rings is 1. The smallest absolute Gasteiger partial charge is 0.238 e. The molecule has 0 unspecified atom stereocenters. The molecule has 0 saturated carbocycles. The lowest BCUT2D eigenvalue weighted by Gasteiger charge is -2.17. The van der Waals surface area contributed by atoms with Crippen molar-refractivity contribution in [3.05, 3.63) is 27.7 Å². The molecule has 1 amide bonds. The number of anilines is 1. The van der Waals surface area contributed by atoms with Crippen LogP contribution in [0.2, 0.25) is 10.0 Å². The van der Waals surface area contributed by atoms with Crippen molar-refractivity contribution in [1.82, 2.24) is 10.2 Å². The maximum Gasteiger partial charge on any atom is 0.238 e. The highest BCUT2D eigenvalue weighted by atomic mass is 35.5. The van der Waals surface area contributed by atoms with Gasteiger partial charge >= 0.3 is 0 Å². The van der Waals surface area contributed by atoms with Gasteiger partial charge < -0.3 is 10.6 Å². The number of hydrogen-bond donors (Lipinski definition) is 2. The van der Waals surface area contributed by atoms with E-state index in [1.165, 1.54) is 0 Å². The Balaban J connectivity index is 2.56. The van der Waals surface area contributed by atoms with Crippen LogP contribution in [0.25, 0.3) is 0 Å². The molecule has 0 radical (unpaired) electrons. The Morgan fingerprint density at radius 2 is 2.05 bits per heavy atom. The third-order valence-corrected chi connectivity index (χ3v) is 3.73. The quantitative estimate of drug-likeness (QED) is 0.760. The minimum Gasteiger partial charge on any atom is -0.322 e. The molecule has 20 heavy (non-hydrogen) atoms. The lowest BCUT2D eigenvalue weighted by atomic mass is 10.2. The number of nitrogens with zero attached hydrogens (tertiary/aromatic N) is 1. The van der Waals surface area contributed by atoms with Crippen molar-refractivity contribution in [3.63, 3.8) is 0 Å². The topological polar surface area (TPSA) is 44.4 Å². The van der Waals surface area contributed by atoms with Gasteiger partial charge in [0.1, 0.15) is 0 Å². The number of hydrogen-bond acceptors (Lipinski definition) is 3. The maximum absolute atomic E-state index is 12.0. The van der Waals surface area contributed by atoms with Crippen LogP contribution < -0.4 is 10.6 Å². The highest BCUT2D eigenvalue weighted by molar-refractivity contribution is 6.40. The summed E-state index contributed by atoms with van der Waals surface area (Å²) in [4.78, 5) is 13.9. The first kappa shape index (κ1) is 17.2. The van der Waals surface area contributed by atoms with E-state index >= 15 is 0 Å². The van der Waals surface area contributed by atoms with Crippen molar-refractivity contribution in [2.75, 3.05) is 39.0 Å². The zero-order valence-corrected chi connectivity index (χ0v) is 13.6. The Hall–Kier alpha value is -0.810. The number of carbonyl (C=O) groups excluding carboxylic acids is 1. The lowest BCUT2D eigenvalue weighted by molar-refractivity contribution is -0.117. The highest BCUT2D eigenvalue weighted by Gasteiger charge is 2.13. The van der Waals surface area contributed by atoms with Crippen LogP contribution in [-0.2, 0) is 4.79 Å². The maximum atomic E-state index is 12.0. The van der Waals surface area contributed by atoms with E-state index in [1.807, 2.05) is 32.0 Å². The van der Waals surface area contributed by atoms with E-state index in [9.17, 15) is 4.79 Å². The van der Waals surface area contributed by atoms with Crippen LogP contribution in [0.4, 0.5) is 5.69 Å². The van der Waals surface area contributed by atoms with E-state index in [0.29, 0.717) is 22.3 Å². The molecule has 6 heteroatoms. The Kier molecular flexibility index (Phi) is 7.30. The molecule has 0 bridgehead atoms. The lowest BCUT2D eigenvalue weighted by Crippen LogP contribution is -2.32. The van der Waals surface area contributed by atoms with E-state index in [-0.39, 0.29) is 5.91 Å². The number of likely N-dealkylation sites (N-methyl/N-ethyl adjacent to an activating group) is 1. The van der Waals surface area contributed by atoms with Gasteiger partial charge in [0, 0.05) is 0 Å². The van der Waals surface area contributed by atoms with Crippen LogP contribution in [-0.4, -0.2) is 44.5 Å². The summed E-state index contributed by atoms with van der Waals surface area (Å²) in [6.45, 7) is 3.97. The highest BCUT2D eigenvalue weighted by Crippen LogP contribution is 2.32. The number of carbonyl (C=O) groups is 1. The van der Waals surface area contributed by atoms with Crippen LogP contribution in [0.5, 0.6) is 0 Å². The second kappa shape index (κ2) is 8.47. The summed E-state index contributed by atoms with van der Waals surface area (Å²) in [5, 5.41) is 6.80. The zero-order chi connectivity index (χ0) is 15.1. The summed E-state index contributed by atoms with van der Waals surface area (Å²) in [6.07, 6.45) is 0.992. The van der Waals surface area contributed by atoms with E-state index in [1.54, 1.807) is 6.07 Å². The SMILES string of the molecule is CNCCCN(C)CC(=O)Nc1c(Cl)ccc(C)c1Cl. The molecule has 4 nitrogen and oxygen atoms in total. The first-order valence-corrected chi connectivity index (χ1v) is 7.29. The Morgan fingerprint density at radius 3 is 2.70 bits per heavy atom. The average Bonchev–Trinajstić information content (AvgIpc) is 2.39. The Morgan fingerprint density at radius 1 is 1.35 bits per heavy atom. The van der Waals surface area contributed by atoms with Crippen molar-refractivity contribution in [1.29, 1.82) is 0 Å². The van der Waals surface area contributed by atoms with Crippen LogP contribution in [0.1, 0.15) is 12.0 Å². The van der Waals surface area contributed by atoms with Crippen LogP contribution in [0, 0.1) is 6.92 Å². The molecule has 112 valence electrons. The van der Waals surface area contributed by atoms with Gasteiger partial charge in [-0.15, -0.1) is 0 Å². The zero-order valence-electron chi connectivity index (χ0n) is 12.1. The molecule has 0 fully saturated rings. The third kappa shape index (κ3) is 5.29. The summed E-state index contributed by atoms with van der Waals surface area (Å²) >= 11 is 12.2. The molecule has 0 heterocycles. The second-order valence-corrected chi connectivity index (χ2v) is 5.58. The minimum absolute atomic E-state index is 0.119. The number of aryl methyl sites for hydroxylation is 1. The van der Waals surface area contributed by atoms with Crippen LogP contribution in [0.3, 0.4) is 0 Å². The van der Waals surface area contributed by atoms with Crippen molar-refractivity contribution >= 4 is 34.8 Å². The molecule has 0 atom stereocenters. The summed E-state index contributed by atoms with van der Waals surface area (Å²) in [5.74, 6) is -0.119. The van der Waals surface area contributed by atoms with Gasteiger partial charge in [-0.25, -0.2) is 0 Å². The van der Waals surface area contributed by atoms with Crippen LogP contribution >= 0.6 is 23.2 Å². The fraction of sp³-hybridized carbons (Fsp3) is 0.500. The monoisotopic (exact) mass is 317 g/mol.